The fourth-order valence-corrected chi connectivity index (χ4v) is 2.99. The number of carbonyl (C=O) groups is 4. The van der Waals surface area contributed by atoms with Gasteiger partial charge in [0.15, 0.2) is 12.2 Å². The summed E-state index contributed by atoms with van der Waals surface area (Å²) in [4.78, 5) is 58.5. The summed E-state index contributed by atoms with van der Waals surface area (Å²) in [5.74, 6) is -5.01. The summed E-state index contributed by atoms with van der Waals surface area (Å²) in [6.45, 7) is 0. The zero-order valence-corrected chi connectivity index (χ0v) is 14.1. The first-order chi connectivity index (χ1) is 11.9. The third-order valence-corrected chi connectivity index (χ3v) is 4.17. The predicted molar refractivity (Wildman–Crippen MR) is 75.0 cm³/mol. The number of fused-ring (bicyclic) bond motifs is 1. The van der Waals surface area contributed by atoms with E-state index in [4.69, 9.17) is 14.4 Å². The van der Waals surface area contributed by atoms with Crippen molar-refractivity contribution in [3.8, 4) is 0 Å². The van der Waals surface area contributed by atoms with Crippen LogP contribution in [0, 0.1) is 11.8 Å². The molecule has 0 aromatic heterocycles. The van der Waals surface area contributed by atoms with Crippen molar-refractivity contribution in [3.63, 3.8) is 0 Å². The molecule has 2 saturated heterocycles. The Labute approximate surface area is 142 Å². The molecule has 2 aliphatic rings. The van der Waals surface area contributed by atoms with Crippen LogP contribution in [0.5, 0.6) is 0 Å². The van der Waals surface area contributed by atoms with E-state index in [1.54, 1.807) is 0 Å². The Morgan fingerprint density at radius 2 is 1.32 bits per heavy atom. The molecule has 2 aliphatic heterocycles. The van der Waals surface area contributed by atoms with Crippen molar-refractivity contribution in [2.75, 3.05) is 28.4 Å². The van der Waals surface area contributed by atoms with Crippen molar-refractivity contribution < 1.29 is 47.8 Å². The van der Waals surface area contributed by atoms with Gasteiger partial charge in [-0.15, -0.1) is 0 Å². The van der Waals surface area contributed by atoms with Crippen LogP contribution in [-0.4, -0.2) is 75.8 Å². The van der Waals surface area contributed by atoms with Gasteiger partial charge < -0.3 is 18.9 Å². The summed E-state index contributed by atoms with van der Waals surface area (Å²) < 4.78 is 18.6. The Morgan fingerprint density at radius 3 is 1.84 bits per heavy atom. The number of rotatable bonds is 5. The minimum Gasteiger partial charge on any atom is -0.469 e. The second kappa shape index (κ2) is 7.76. The smallest absolute Gasteiger partial charge is 0.338 e. The lowest BCUT2D eigenvalue weighted by atomic mass is 9.82. The molecule has 0 N–H and O–H groups in total. The van der Waals surface area contributed by atoms with Gasteiger partial charge in [0.05, 0.1) is 40.9 Å². The molecule has 0 saturated carbocycles. The van der Waals surface area contributed by atoms with Gasteiger partial charge in [-0.3, -0.25) is 19.3 Å². The molecule has 0 aromatic carbocycles. The SMILES string of the molecule is COC(=O)C[C@@H]1[C@H]2[C@H](C(=O)OC)[C@H](C(=O)OC)ON2O[C@@H]1C(=O)OC. The number of esters is 4. The van der Waals surface area contributed by atoms with Gasteiger partial charge in [-0.1, -0.05) is 5.23 Å². The van der Waals surface area contributed by atoms with Crippen molar-refractivity contribution >= 4 is 23.9 Å². The highest BCUT2D eigenvalue weighted by atomic mass is 17.0. The standard InChI is InChI=1S/C14H19NO10/c1-20-7(16)5-6-9-8(12(17)21-2)11(14(19)23-4)25-15(9)24-10(6)13(18)22-3/h6,8-11H,5H2,1-4H3/t6-,8+,9+,10+,11-/m1/s1. The second-order valence-corrected chi connectivity index (χ2v) is 5.37. The van der Waals surface area contributed by atoms with Crippen LogP contribution in [0.2, 0.25) is 0 Å². The average Bonchev–Trinajstić information content (AvgIpc) is 3.16. The van der Waals surface area contributed by atoms with E-state index in [0.717, 1.165) is 26.6 Å². The Morgan fingerprint density at radius 1 is 0.800 bits per heavy atom. The molecule has 0 amide bonds. The largest absolute Gasteiger partial charge is 0.469 e. The van der Waals surface area contributed by atoms with Crippen LogP contribution in [0.1, 0.15) is 6.42 Å². The van der Waals surface area contributed by atoms with Crippen molar-refractivity contribution in [1.29, 1.82) is 0 Å². The maximum atomic E-state index is 12.2. The van der Waals surface area contributed by atoms with Crippen LogP contribution in [0.3, 0.4) is 0 Å². The van der Waals surface area contributed by atoms with Gasteiger partial charge in [0.1, 0.15) is 5.92 Å². The molecule has 0 aromatic rings. The second-order valence-electron chi connectivity index (χ2n) is 5.37. The molecule has 140 valence electrons. The van der Waals surface area contributed by atoms with Gasteiger partial charge in [0, 0.05) is 5.92 Å². The number of hydrogen-bond donors (Lipinski definition) is 0. The zero-order chi connectivity index (χ0) is 18.7. The number of carbonyl (C=O) groups excluding carboxylic acids is 4. The van der Waals surface area contributed by atoms with E-state index < -0.39 is 54.0 Å². The summed E-state index contributed by atoms with van der Waals surface area (Å²) in [6, 6.07) is -0.945. The van der Waals surface area contributed by atoms with Crippen LogP contribution in [0.4, 0.5) is 0 Å². The molecular weight excluding hydrogens is 342 g/mol. The lowest BCUT2D eigenvalue weighted by Gasteiger charge is -2.22. The van der Waals surface area contributed by atoms with Gasteiger partial charge in [-0.2, -0.15) is 0 Å². The highest BCUT2D eigenvalue weighted by molar-refractivity contribution is 5.85. The normalized spacial score (nSPS) is 31.1. The van der Waals surface area contributed by atoms with E-state index in [-0.39, 0.29) is 6.42 Å². The molecule has 11 heteroatoms. The third kappa shape index (κ3) is 3.43. The van der Waals surface area contributed by atoms with E-state index >= 15 is 0 Å². The van der Waals surface area contributed by atoms with Gasteiger partial charge in [-0.05, 0) is 0 Å². The lowest BCUT2D eigenvalue weighted by Crippen LogP contribution is -2.44. The molecule has 11 nitrogen and oxygen atoms in total. The van der Waals surface area contributed by atoms with E-state index in [9.17, 15) is 19.2 Å². The van der Waals surface area contributed by atoms with Gasteiger partial charge in [-0.25, -0.2) is 9.59 Å². The fourth-order valence-electron chi connectivity index (χ4n) is 2.99. The van der Waals surface area contributed by atoms with Crippen molar-refractivity contribution in [3.05, 3.63) is 0 Å². The van der Waals surface area contributed by atoms with E-state index in [1.165, 1.54) is 7.11 Å². The van der Waals surface area contributed by atoms with E-state index in [1.807, 2.05) is 0 Å². The van der Waals surface area contributed by atoms with Crippen LogP contribution in [0.25, 0.3) is 0 Å². The van der Waals surface area contributed by atoms with E-state index in [2.05, 4.69) is 14.2 Å². The monoisotopic (exact) mass is 361 g/mol. The van der Waals surface area contributed by atoms with Crippen molar-refractivity contribution in [1.82, 2.24) is 5.23 Å². The van der Waals surface area contributed by atoms with Crippen LogP contribution in [0.15, 0.2) is 0 Å². The Bertz CT molecular complexity index is 564. The minimum atomic E-state index is -1.33. The highest BCUT2D eigenvalue weighted by Crippen LogP contribution is 2.43. The number of hydrogen-bond acceptors (Lipinski definition) is 11. The molecule has 2 heterocycles. The van der Waals surface area contributed by atoms with Crippen molar-refractivity contribution in [2.24, 2.45) is 11.8 Å². The van der Waals surface area contributed by atoms with Crippen molar-refractivity contribution in [2.45, 2.75) is 24.7 Å². The third-order valence-electron chi connectivity index (χ3n) is 4.17. The van der Waals surface area contributed by atoms with Crippen LogP contribution in [-0.2, 0) is 47.8 Å². The van der Waals surface area contributed by atoms with Crippen LogP contribution < -0.4 is 0 Å². The Hall–Kier alpha value is -2.24. The highest BCUT2D eigenvalue weighted by Gasteiger charge is 2.63. The number of nitrogens with zero attached hydrogens (tertiary/aromatic N) is 1. The summed E-state index contributed by atoms with van der Waals surface area (Å²) in [7, 11) is 4.61. The summed E-state index contributed by atoms with van der Waals surface area (Å²) >= 11 is 0. The lowest BCUT2D eigenvalue weighted by molar-refractivity contribution is -0.350. The minimum absolute atomic E-state index is 0.262. The number of hydroxylamine groups is 2. The maximum Gasteiger partial charge on any atom is 0.338 e. The first-order valence-electron chi connectivity index (χ1n) is 7.32. The molecule has 2 fully saturated rings. The molecule has 0 spiro atoms. The molecule has 2 rings (SSSR count). The first kappa shape index (κ1) is 19.1. The van der Waals surface area contributed by atoms with Gasteiger partial charge in [0.25, 0.3) is 0 Å². The number of ether oxygens (including phenoxy) is 4. The van der Waals surface area contributed by atoms with E-state index in [0.29, 0.717) is 0 Å². The molecule has 0 unspecified atom stereocenters. The van der Waals surface area contributed by atoms with Crippen LogP contribution >= 0.6 is 0 Å². The quantitative estimate of drug-likeness (QED) is 0.424. The number of methoxy groups -OCH3 is 4. The molecule has 0 bridgehead atoms. The predicted octanol–water partition coefficient (Wildman–Crippen LogP) is -1.40. The Balaban J connectivity index is 2.38. The topological polar surface area (TPSA) is 127 Å². The zero-order valence-electron chi connectivity index (χ0n) is 14.1. The molecule has 5 atom stereocenters. The van der Waals surface area contributed by atoms with Gasteiger partial charge in [0.2, 0.25) is 0 Å². The average molecular weight is 361 g/mol. The summed E-state index contributed by atoms with van der Waals surface area (Å²) in [6.07, 6.45) is -2.80. The molecule has 0 radical (unpaired) electrons. The summed E-state index contributed by atoms with van der Waals surface area (Å²) in [5.41, 5.74) is 0. The first-order valence-corrected chi connectivity index (χ1v) is 7.32. The van der Waals surface area contributed by atoms with Gasteiger partial charge >= 0.3 is 23.9 Å². The molecular formula is C14H19NO10. The Kier molecular flexibility index (Phi) is 5.93. The maximum absolute atomic E-state index is 12.2. The molecule has 25 heavy (non-hydrogen) atoms. The fraction of sp³-hybridized carbons (Fsp3) is 0.714. The molecule has 0 aliphatic carbocycles. The summed E-state index contributed by atoms with van der Waals surface area (Å²) in [5, 5.41) is 0.859.